The minimum absolute atomic E-state index is 0.0617. The highest BCUT2D eigenvalue weighted by atomic mass is 16.5. The lowest BCUT2D eigenvalue weighted by Crippen LogP contribution is -2.41. The van der Waals surface area contributed by atoms with Crippen LogP contribution in [0.4, 0.5) is 0 Å². The fourth-order valence-electron chi connectivity index (χ4n) is 4.48. The molecule has 0 spiro atoms. The number of fused-ring (bicyclic) bond motifs is 1. The summed E-state index contributed by atoms with van der Waals surface area (Å²) >= 11 is 0. The first-order valence-corrected chi connectivity index (χ1v) is 9.40. The molecule has 0 aromatic heterocycles. The van der Waals surface area contributed by atoms with Gasteiger partial charge in [0.05, 0.1) is 34.0 Å². The van der Waals surface area contributed by atoms with Crippen molar-refractivity contribution in [1.29, 1.82) is 0 Å². The van der Waals surface area contributed by atoms with Gasteiger partial charge in [0.2, 0.25) is 0 Å². The quantitative estimate of drug-likeness (QED) is 0.826. The van der Waals surface area contributed by atoms with Crippen LogP contribution in [0.25, 0.3) is 0 Å². The fraction of sp³-hybridized carbons (Fsp3) is 0.478. The maximum Gasteiger partial charge on any atom is 0.160 e. The van der Waals surface area contributed by atoms with Crippen LogP contribution in [-0.4, -0.2) is 33.5 Å². The van der Waals surface area contributed by atoms with Crippen molar-refractivity contribution in [3.8, 4) is 23.0 Å². The van der Waals surface area contributed by atoms with E-state index in [0.717, 1.165) is 16.7 Å². The van der Waals surface area contributed by atoms with Crippen LogP contribution in [0.3, 0.4) is 0 Å². The molecular weight excluding hydrogens is 356 g/mol. The molecule has 0 saturated heterocycles. The molecule has 5 nitrogen and oxygen atoms in total. The largest absolute Gasteiger partial charge is 0.497 e. The first kappa shape index (κ1) is 20.3. The smallest absolute Gasteiger partial charge is 0.160 e. The summed E-state index contributed by atoms with van der Waals surface area (Å²) in [5, 5.41) is 11.4. The summed E-state index contributed by atoms with van der Waals surface area (Å²) in [6.07, 6.45) is 0.561. The summed E-state index contributed by atoms with van der Waals surface area (Å²) in [5.74, 6) is 2.80. The lowest BCUT2D eigenvalue weighted by atomic mass is 9.59. The topological polar surface area (TPSA) is 57.2 Å². The number of aliphatic hydroxyl groups is 1. The van der Waals surface area contributed by atoms with Crippen LogP contribution in [0.5, 0.6) is 23.0 Å². The van der Waals surface area contributed by atoms with Gasteiger partial charge >= 0.3 is 0 Å². The summed E-state index contributed by atoms with van der Waals surface area (Å²) in [5.41, 5.74) is 1.65. The lowest BCUT2D eigenvalue weighted by molar-refractivity contribution is 0.0155. The van der Waals surface area contributed by atoms with E-state index >= 15 is 0 Å². The van der Waals surface area contributed by atoms with Crippen molar-refractivity contribution >= 4 is 0 Å². The highest BCUT2D eigenvalue weighted by Gasteiger charge is 2.48. The van der Waals surface area contributed by atoms with Crippen LogP contribution in [0.1, 0.15) is 49.8 Å². The molecule has 2 atom stereocenters. The summed E-state index contributed by atoms with van der Waals surface area (Å²) in [6, 6.07) is 9.82. The summed E-state index contributed by atoms with van der Waals surface area (Å²) in [7, 11) is 6.52. The van der Waals surface area contributed by atoms with E-state index in [1.165, 1.54) is 0 Å². The molecule has 0 aliphatic heterocycles. The molecule has 28 heavy (non-hydrogen) atoms. The normalized spacial score (nSPS) is 22.9. The molecule has 1 aliphatic carbocycles. The van der Waals surface area contributed by atoms with Crippen LogP contribution < -0.4 is 18.9 Å². The molecular formula is C23H30O5. The van der Waals surface area contributed by atoms with Crippen LogP contribution in [0, 0.1) is 0 Å². The van der Waals surface area contributed by atoms with Gasteiger partial charge in [0.15, 0.2) is 11.5 Å². The molecule has 5 heteroatoms. The minimum Gasteiger partial charge on any atom is -0.497 e. The van der Waals surface area contributed by atoms with Gasteiger partial charge in [-0.2, -0.15) is 0 Å². The van der Waals surface area contributed by atoms with E-state index in [1.807, 2.05) is 37.3 Å². The third-order valence-corrected chi connectivity index (χ3v) is 6.05. The van der Waals surface area contributed by atoms with Gasteiger partial charge in [0.25, 0.3) is 0 Å². The maximum absolute atomic E-state index is 11.4. The van der Waals surface area contributed by atoms with Crippen LogP contribution in [0.15, 0.2) is 30.3 Å². The third kappa shape index (κ3) is 3.18. The highest BCUT2D eigenvalue weighted by Crippen LogP contribution is 2.56. The van der Waals surface area contributed by atoms with E-state index in [9.17, 15) is 5.11 Å². The van der Waals surface area contributed by atoms with E-state index in [2.05, 4.69) is 13.8 Å². The Morgan fingerprint density at radius 3 is 2.04 bits per heavy atom. The van der Waals surface area contributed by atoms with Crippen molar-refractivity contribution in [1.82, 2.24) is 0 Å². The van der Waals surface area contributed by atoms with Crippen molar-refractivity contribution in [3.05, 3.63) is 47.0 Å². The Hall–Kier alpha value is -2.40. The molecule has 2 aromatic rings. The zero-order chi connectivity index (χ0) is 20.7. The van der Waals surface area contributed by atoms with Gasteiger partial charge in [-0.05, 0) is 54.0 Å². The number of ether oxygens (including phenoxy) is 4. The van der Waals surface area contributed by atoms with Crippen LogP contribution in [0.2, 0.25) is 0 Å². The number of hydrogen-bond acceptors (Lipinski definition) is 5. The Labute approximate surface area is 167 Å². The standard InChI is InChI=1S/C23H30O5/c1-22(2)16-11-15(25-4)12-20(28-7)21(16)23(3,24)13-17(22)14-8-9-18(26-5)19(10-14)27-6/h8-12,17,24H,13H2,1-7H3. The first-order chi connectivity index (χ1) is 13.2. The SMILES string of the molecule is COc1cc(OC)c2c(c1)C(C)(C)C(c1ccc(OC)c(OC)c1)CC2(C)O. The molecule has 3 rings (SSSR count). The van der Waals surface area contributed by atoms with Crippen molar-refractivity contribution in [2.24, 2.45) is 0 Å². The summed E-state index contributed by atoms with van der Waals surface area (Å²) < 4.78 is 22.0. The first-order valence-electron chi connectivity index (χ1n) is 9.40. The minimum atomic E-state index is -1.04. The third-order valence-electron chi connectivity index (χ3n) is 6.05. The van der Waals surface area contributed by atoms with Gasteiger partial charge in [-0.3, -0.25) is 0 Å². The molecule has 0 saturated carbocycles. The van der Waals surface area contributed by atoms with Crippen molar-refractivity contribution < 1.29 is 24.1 Å². The average Bonchev–Trinajstić information content (AvgIpc) is 2.69. The number of methoxy groups -OCH3 is 4. The Morgan fingerprint density at radius 1 is 0.821 bits per heavy atom. The second kappa shape index (κ2) is 7.21. The van der Waals surface area contributed by atoms with E-state index < -0.39 is 5.60 Å². The molecule has 0 radical (unpaired) electrons. The van der Waals surface area contributed by atoms with E-state index in [-0.39, 0.29) is 11.3 Å². The zero-order valence-electron chi connectivity index (χ0n) is 17.8. The van der Waals surface area contributed by atoms with Crippen molar-refractivity contribution in [3.63, 3.8) is 0 Å². The summed E-state index contributed by atoms with van der Waals surface area (Å²) in [4.78, 5) is 0. The van der Waals surface area contributed by atoms with Gasteiger partial charge in [-0.1, -0.05) is 19.9 Å². The average molecular weight is 386 g/mol. The van der Waals surface area contributed by atoms with Crippen LogP contribution >= 0.6 is 0 Å². The fourth-order valence-corrected chi connectivity index (χ4v) is 4.48. The molecule has 2 aromatic carbocycles. The maximum atomic E-state index is 11.4. The molecule has 0 amide bonds. The monoisotopic (exact) mass is 386 g/mol. The number of benzene rings is 2. The van der Waals surface area contributed by atoms with Gasteiger partial charge in [0, 0.05) is 11.6 Å². The zero-order valence-corrected chi connectivity index (χ0v) is 17.8. The molecule has 2 unspecified atom stereocenters. The van der Waals surface area contributed by atoms with E-state index in [1.54, 1.807) is 28.4 Å². The lowest BCUT2D eigenvalue weighted by Gasteiger charge is -2.47. The van der Waals surface area contributed by atoms with Crippen molar-refractivity contribution in [2.75, 3.05) is 28.4 Å². The Bertz CT molecular complexity index is 870. The van der Waals surface area contributed by atoms with Crippen LogP contribution in [-0.2, 0) is 11.0 Å². The molecule has 0 heterocycles. The van der Waals surface area contributed by atoms with Gasteiger partial charge in [0.1, 0.15) is 11.5 Å². The van der Waals surface area contributed by atoms with Crippen molar-refractivity contribution in [2.45, 2.75) is 44.1 Å². The number of hydrogen-bond donors (Lipinski definition) is 1. The second-order valence-corrected chi connectivity index (χ2v) is 8.12. The second-order valence-electron chi connectivity index (χ2n) is 8.12. The van der Waals surface area contributed by atoms with Gasteiger partial charge in [-0.25, -0.2) is 0 Å². The molecule has 0 bridgehead atoms. The Kier molecular flexibility index (Phi) is 5.24. The predicted octanol–water partition coefficient (Wildman–Crippen LogP) is 4.39. The molecule has 1 N–H and O–H groups in total. The summed E-state index contributed by atoms with van der Waals surface area (Å²) in [6.45, 7) is 6.24. The Morgan fingerprint density at radius 2 is 1.46 bits per heavy atom. The van der Waals surface area contributed by atoms with E-state index in [4.69, 9.17) is 18.9 Å². The number of rotatable bonds is 5. The molecule has 1 aliphatic rings. The highest BCUT2D eigenvalue weighted by molar-refractivity contribution is 5.56. The van der Waals surface area contributed by atoms with Gasteiger partial charge < -0.3 is 24.1 Å². The predicted molar refractivity (Wildman–Crippen MR) is 109 cm³/mol. The Balaban J connectivity index is 2.21. The van der Waals surface area contributed by atoms with Gasteiger partial charge in [-0.15, -0.1) is 0 Å². The molecule has 0 fully saturated rings. The molecule has 152 valence electrons. The van der Waals surface area contributed by atoms with E-state index in [0.29, 0.717) is 29.4 Å².